The number of nitro benzene ring substituents is 1. The fourth-order valence-electron chi connectivity index (χ4n) is 3.95. The molecular formula is C17H19FN2O5. The number of non-ortho nitro benzene ring substituents is 1. The van der Waals surface area contributed by atoms with Crippen LogP contribution in [0.25, 0.3) is 0 Å². The van der Waals surface area contributed by atoms with Crippen LogP contribution in [0.4, 0.5) is 15.8 Å². The smallest absolute Gasteiger partial charge is 0.306 e. The molecule has 0 radical (unpaired) electrons. The van der Waals surface area contributed by atoms with Crippen molar-refractivity contribution in [2.24, 2.45) is 17.8 Å². The maximum atomic E-state index is 13.6. The number of nitrogens with one attached hydrogen (secondary N) is 1. The lowest BCUT2D eigenvalue weighted by molar-refractivity contribution is -0.384. The van der Waals surface area contributed by atoms with Gasteiger partial charge in [-0.3, -0.25) is 19.7 Å². The molecular weight excluding hydrogens is 331 g/mol. The molecule has 2 fully saturated rings. The molecule has 2 aliphatic carbocycles. The molecule has 0 saturated heterocycles. The molecule has 1 aromatic carbocycles. The second-order valence-corrected chi connectivity index (χ2v) is 6.77. The highest BCUT2D eigenvalue weighted by Gasteiger charge is 2.40. The van der Waals surface area contributed by atoms with Crippen LogP contribution in [-0.2, 0) is 14.3 Å². The van der Waals surface area contributed by atoms with Crippen molar-refractivity contribution in [2.45, 2.75) is 32.1 Å². The molecule has 3 atom stereocenters. The Balaban J connectivity index is 1.47. The van der Waals surface area contributed by atoms with E-state index in [-0.39, 0.29) is 11.4 Å². The first-order chi connectivity index (χ1) is 11.9. The van der Waals surface area contributed by atoms with Gasteiger partial charge in [0.05, 0.1) is 10.6 Å². The van der Waals surface area contributed by atoms with Crippen LogP contribution in [0.3, 0.4) is 0 Å². The van der Waals surface area contributed by atoms with Crippen LogP contribution in [0, 0.1) is 33.7 Å². The van der Waals surface area contributed by atoms with Gasteiger partial charge in [-0.25, -0.2) is 4.39 Å². The molecule has 0 aromatic heterocycles. The zero-order valence-electron chi connectivity index (χ0n) is 13.6. The summed E-state index contributed by atoms with van der Waals surface area (Å²) in [6.45, 7) is -0.540. The summed E-state index contributed by atoms with van der Waals surface area (Å²) in [5, 5.41) is 12.9. The molecule has 0 aliphatic heterocycles. The molecule has 2 aliphatic rings. The van der Waals surface area contributed by atoms with Crippen molar-refractivity contribution in [3.63, 3.8) is 0 Å². The Morgan fingerprint density at radius 3 is 2.76 bits per heavy atom. The van der Waals surface area contributed by atoms with Gasteiger partial charge in [0.15, 0.2) is 6.61 Å². The van der Waals surface area contributed by atoms with E-state index in [4.69, 9.17) is 4.74 Å². The highest BCUT2D eigenvalue weighted by Crippen LogP contribution is 2.49. The molecule has 8 heteroatoms. The lowest BCUT2D eigenvalue weighted by atomic mass is 9.86. The predicted octanol–water partition coefficient (Wildman–Crippen LogP) is 3.04. The molecule has 0 unspecified atom stereocenters. The van der Waals surface area contributed by atoms with Crippen LogP contribution in [0.5, 0.6) is 0 Å². The van der Waals surface area contributed by atoms with Crippen LogP contribution in [0.2, 0.25) is 0 Å². The Hall–Kier alpha value is -2.51. The second kappa shape index (κ2) is 7.16. The number of nitro groups is 1. The van der Waals surface area contributed by atoms with Crippen molar-refractivity contribution < 1.29 is 23.6 Å². The second-order valence-electron chi connectivity index (χ2n) is 6.77. The van der Waals surface area contributed by atoms with Crippen LogP contribution >= 0.6 is 0 Å². The Morgan fingerprint density at radius 1 is 1.32 bits per heavy atom. The van der Waals surface area contributed by atoms with E-state index in [0.29, 0.717) is 18.3 Å². The number of carbonyl (C=O) groups excluding carboxylic acids is 2. The van der Waals surface area contributed by atoms with E-state index in [9.17, 15) is 24.1 Å². The minimum absolute atomic E-state index is 0.305. The molecule has 1 N–H and O–H groups in total. The predicted molar refractivity (Wildman–Crippen MR) is 86.2 cm³/mol. The van der Waals surface area contributed by atoms with E-state index >= 15 is 0 Å². The monoisotopic (exact) mass is 350 g/mol. The normalized spacial score (nSPS) is 24.1. The lowest BCUT2D eigenvalue weighted by Crippen LogP contribution is -2.23. The third-order valence-electron chi connectivity index (χ3n) is 5.11. The van der Waals surface area contributed by atoms with Crippen LogP contribution in [-0.4, -0.2) is 23.4 Å². The van der Waals surface area contributed by atoms with E-state index in [2.05, 4.69) is 5.32 Å². The third-order valence-corrected chi connectivity index (χ3v) is 5.11. The summed E-state index contributed by atoms with van der Waals surface area (Å²) in [5.41, 5.74) is -0.659. The van der Waals surface area contributed by atoms with Gasteiger partial charge < -0.3 is 10.1 Å². The van der Waals surface area contributed by atoms with Gasteiger partial charge in [-0.05, 0) is 43.1 Å². The van der Waals surface area contributed by atoms with Crippen LogP contribution < -0.4 is 5.32 Å². The molecule has 0 heterocycles. The zero-order valence-corrected chi connectivity index (χ0v) is 13.6. The first-order valence-corrected chi connectivity index (χ1v) is 8.31. The SMILES string of the molecule is O=C(COC(=O)C[C@H]1C[C@@H]2CC[C@H]1C2)Nc1cc([N+](=O)[O-])ccc1F. The maximum absolute atomic E-state index is 13.6. The van der Waals surface area contributed by atoms with E-state index in [1.807, 2.05) is 0 Å². The number of rotatable bonds is 6. The Labute approximate surface area is 143 Å². The van der Waals surface area contributed by atoms with Crippen LogP contribution in [0.15, 0.2) is 18.2 Å². The molecule has 2 saturated carbocycles. The fourth-order valence-corrected chi connectivity index (χ4v) is 3.95. The number of benzene rings is 1. The van der Waals surface area contributed by atoms with Gasteiger partial charge in [-0.15, -0.1) is 0 Å². The van der Waals surface area contributed by atoms with Gasteiger partial charge in [-0.2, -0.15) is 0 Å². The summed E-state index contributed by atoms with van der Waals surface area (Å²) in [4.78, 5) is 33.7. The Kier molecular flexibility index (Phi) is 4.96. The standard InChI is InChI=1S/C17H19FN2O5/c18-14-4-3-13(20(23)24)8-15(14)19-16(21)9-25-17(22)7-12-6-10-1-2-11(12)5-10/h3-4,8,10-12H,1-2,5-7,9H2,(H,19,21)/t10-,11+,12-/m1/s1. The minimum Gasteiger partial charge on any atom is -0.456 e. The number of halogens is 1. The Bertz CT molecular complexity index is 708. The van der Waals surface area contributed by atoms with E-state index in [0.717, 1.165) is 37.0 Å². The topological polar surface area (TPSA) is 98.5 Å². The first kappa shape index (κ1) is 17.3. The molecule has 0 spiro atoms. The number of ether oxygens (including phenoxy) is 1. The number of anilines is 1. The number of amides is 1. The van der Waals surface area contributed by atoms with Crippen molar-refractivity contribution in [1.82, 2.24) is 0 Å². The number of hydrogen-bond acceptors (Lipinski definition) is 5. The molecule has 134 valence electrons. The quantitative estimate of drug-likeness (QED) is 0.483. The Morgan fingerprint density at radius 2 is 2.12 bits per heavy atom. The van der Waals surface area contributed by atoms with E-state index in [1.54, 1.807) is 0 Å². The molecule has 7 nitrogen and oxygen atoms in total. The minimum atomic E-state index is -0.799. The molecule has 1 amide bonds. The molecule has 25 heavy (non-hydrogen) atoms. The van der Waals surface area contributed by atoms with Gasteiger partial charge in [0.1, 0.15) is 5.82 Å². The lowest BCUT2D eigenvalue weighted by Gasteiger charge is -2.20. The first-order valence-electron chi connectivity index (χ1n) is 8.31. The number of esters is 1. The van der Waals surface area contributed by atoms with Crippen molar-refractivity contribution in [2.75, 3.05) is 11.9 Å². The van der Waals surface area contributed by atoms with Crippen LogP contribution in [0.1, 0.15) is 32.1 Å². The highest BCUT2D eigenvalue weighted by molar-refractivity contribution is 5.93. The average Bonchev–Trinajstić information content (AvgIpc) is 3.17. The van der Waals surface area contributed by atoms with Gasteiger partial charge in [-0.1, -0.05) is 6.42 Å². The number of nitrogens with zero attached hydrogens (tertiary/aromatic N) is 1. The maximum Gasteiger partial charge on any atom is 0.306 e. The van der Waals surface area contributed by atoms with Gasteiger partial charge in [0.25, 0.3) is 11.6 Å². The number of hydrogen-bond donors (Lipinski definition) is 1. The summed E-state index contributed by atoms with van der Waals surface area (Å²) in [6, 6.07) is 2.82. The van der Waals surface area contributed by atoms with E-state index < -0.39 is 29.2 Å². The fraction of sp³-hybridized carbons (Fsp3) is 0.529. The largest absolute Gasteiger partial charge is 0.456 e. The summed E-state index contributed by atoms with van der Waals surface area (Å²) < 4.78 is 18.6. The summed E-state index contributed by atoms with van der Waals surface area (Å²) in [7, 11) is 0. The van der Waals surface area contributed by atoms with Gasteiger partial charge in [0, 0.05) is 18.6 Å². The van der Waals surface area contributed by atoms with Gasteiger partial charge in [0.2, 0.25) is 0 Å². The molecule has 1 aromatic rings. The number of carbonyl (C=O) groups is 2. The zero-order chi connectivity index (χ0) is 18.0. The summed E-state index contributed by atoms with van der Waals surface area (Å²) in [6.07, 6.45) is 4.94. The molecule has 3 rings (SSSR count). The van der Waals surface area contributed by atoms with Crippen molar-refractivity contribution >= 4 is 23.3 Å². The average molecular weight is 350 g/mol. The highest BCUT2D eigenvalue weighted by atomic mass is 19.1. The van der Waals surface area contributed by atoms with Crippen molar-refractivity contribution in [1.29, 1.82) is 0 Å². The van der Waals surface area contributed by atoms with Crippen molar-refractivity contribution in [3.8, 4) is 0 Å². The molecule has 2 bridgehead atoms. The van der Waals surface area contributed by atoms with Crippen molar-refractivity contribution in [3.05, 3.63) is 34.1 Å². The number of fused-ring (bicyclic) bond motifs is 2. The van der Waals surface area contributed by atoms with E-state index in [1.165, 1.54) is 12.8 Å². The third kappa shape index (κ3) is 4.12. The summed E-state index contributed by atoms with van der Waals surface area (Å²) >= 11 is 0. The summed E-state index contributed by atoms with van der Waals surface area (Å²) in [5.74, 6) is -0.322. The van der Waals surface area contributed by atoms with Gasteiger partial charge >= 0.3 is 5.97 Å².